The predicted octanol–water partition coefficient (Wildman–Crippen LogP) is 3.45. The third kappa shape index (κ3) is 6.01. The molecule has 1 aromatic heterocycles. The minimum Gasteiger partial charge on any atom is -0.497 e. The van der Waals surface area contributed by atoms with E-state index in [-0.39, 0.29) is 49.7 Å². The van der Waals surface area contributed by atoms with Crippen LogP contribution in [0.5, 0.6) is 10.9 Å². The molecule has 3 heterocycles. The van der Waals surface area contributed by atoms with Gasteiger partial charge in [-0.1, -0.05) is 11.3 Å². The van der Waals surface area contributed by atoms with Crippen molar-refractivity contribution in [2.75, 3.05) is 53.0 Å². The maximum Gasteiger partial charge on any atom is 0.409 e. The Morgan fingerprint density at radius 2 is 1.68 bits per heavy atom. The third-order valence-electron chi connectivity index (χ3n) is 7.08. The van der Waals surface area contributed by atoms with E-state index in [1.54, 1.807) is 31.1 Å². The van der Waals surface area contributed by atoms with Gasteiger partial charge in [0.2, 0.25) is 10.0 Å². The maximum atomic E-state index is 13.1. The van der Waals surface area contributed by atoms with E-state index in [9.17, 15) is 18.0 Å². The molecule has 0 radical (unpaired) electrons. The summed E-state index contributed by atoms with van der Waals surface area (Å²) in [6.45, 7) is 3.97. The molecule has 2 aromatic carbocycles. The number of sulfonamides is 1. The van der Waals surface area contributed by atoms with Crippen molar-refractivity contribution in [3.63, 3.8) is 0 Å². The molecule has 5 rings (SSSR count). The van der Waals surface area contributed by atoms with Gasteiger partial charge in [-0.2, -0.15) is 4.31 Å². The number of nitrogens with zero attached hydrogens (tertiary/aromatic N) is 4. The molecule has 0 spiro atoms. The fourth-order valence-corrected chi connectivity index (χ4v) is 7.09. The van der Waals surface area contributed by atoms with E-state index in [1.807, 2.05) is 18.2 Å². The number of ether oxygens (including phenoxy) is 3. The second-order valence-corrected chi connectivity index (χ2v) is 12.5. The summed E-state index contributed by atoms with van der Waals surface area (Å²) in [5, 5.41) is 0.604. The molecule has 40 heavy (non-hydrogen) atoms. The molecule has 214 valence electrons. The number of likely N-dealkylation sites (tertiary alicyclic amines) is 1. The number of thiazole rings is 1. The normalized spacial score (nSPS) is 17.1. The first kappa shape index (κ1) is 28.1. The molecule has 0 aliphatic carbocycles. The van der Waals surface area contributed by atoms with Crippen LogP contribution in [0.1, 0.15) is 30.1 Å². The number of hydrogen-bond acceptors (Lipinski definition) is 9. The van der Waals surface area contributed by atoms with E-state index in [2.05, 4.69) is 4.98 Å². The number of carbonyl (C=O) groups excluding carboxylic acids is 2. The van der Waals surface area contributed by atoms with Crippen LogP contribution < -0.4 is 9.47 Å². The van der Waals surface area contributed by atoms with Gasteiger partial charge >= 0.3 is 6.09 Å². The molecule has 2 saturated heterocycles. The molecule has 0 bridgehead atoms. The molecule has 2 aliphatic heterocycles. The molecule has 13 heteroatoms. The second kappa shape index (κ2) is 12.0. The van der Waals surface area contributed by atoms with Gasteiger partial charge in [0, 0.05) is 63.7 Å². The van der Waals surface area contributed by atoms with Crippen LogP contribution in [0.2, 0.25) is 0 Å². The third-order valence-corrected chi connectivity index (χ3v) is 9.92. The SMILES string of the molecule is CCOC(=O)N1CCN(S(=O)(=O)c2ccc(C(=O)N3CCC(Oc4nc5cc(OC)ccc5s4)CC3)cc2)CC1. The summed E-state index contributed by atoms with van der Waals surface area (Å²) in [7, 11) is -2.12. The molecule has 3 aromatic rings. The number of benzene rings is 2. The number of carbonyl (C=O) groups is 2. The van der Waals surface area contributed by atoms with Crippen molar-refractivity contribution in [1.82, 2.24) is 19.1 Å². The minimum absolute atomic E-state index is 0.0386. The lowest BCUT2D eigenvalue weighted by Crippen LogP contribution is -2.50. The van der Waals surface area contributed by atoms with Crippen molar-refractivity contribution in [3.8, 4) is 10.9 Å². The lowest BCUT2D eigenvalue weighted by molar-refractivity contribution is 0.0595. The number of methoxy groups -OCH3 is 1. The molecular weight excluding hydrogens is 556 g/mol. The largest absolute Gasteiger partial charge is 0.497 e. The maximum absolute atomic E-state index is 13.1. The predicted molar refractivity (Wildman–Crippen MR) is 150 cm³/mol. The Bertz CT molecular complexity index is 1460. The molecule has 2 aliphatic rings. The summed E-state index contributed by atoms with van der Waals surface area (Å²) in [4.78, 5) is 33.0. The first-order chi connectivity index (χ1) is 19.3. The molecular formula is C27H32N4O7S2. The van der Waals surface area contributed by atoms with Gasteiger partial charge in [-0.3, -0.25) is 4.79 Å². The lowest BCUT2D eigenvalue weighted by atomic mass is 10.1. The zero-order valence-corrected chi connectivity index (χ0v) is 24.1. The van der Waals surface area contributed by atoms with Gasteiger partial charge in [-0.25, -0.2) is 18.2 Å². The summed E-state index contributed by atoms with van der Waals surface area (Å²) in [5.41, 5.74) is 1.27. The standard InChI is InChI=1S/C27H32N4O7S2/c1-3-37-27(33)30-14-16-31(17-15-30)40(34,35)22-7-4-19(5-8-22)25(32)29-12-10-20(11-13-29)38-26-28-23-18-21(36-2)6-9-24(23)39-26/h4-9,18,20H,3,10-17H2,1-2H3. The number of piperidine rings is 1. The highest BCUT2D eigenvalue weighted by molar-refractivity contribution is 7.89. The van der Waals surface area contributed by atoms with Crippen LogP contribution in [0.4, 0.5) is 4.79 Å². The first-order valence-corrected chi connectivity index (χ1v) is 15.5. The number of aromatic nitrogens is 1. The van der Waals surface area contributed by atoms with Crippen LogP contribution in [-0.4, -0.2) is 98.6 Å². The molecule has 2 amide bonds. The molecule has 11 nitrogen and oxygen atoms in total. The fourth-order valence-electron chi connectivity index (χ4n) is 4.81. The highest BCUT2D eigenvalue weighted by atomic mass is 32.2. The smallest absolute Gasteiger partial charge is 0.409 e. The highest BCUT2D eigenvalue weighted by Gasteiger charge is 2.31. The van der Waals surface area contributed by atoms with Crippen LogP contribution >= 0.6 is 11.3 Å². The summed E-state index contributed by atoms with van der Waals surface area (Å²) < 4.78 is 45.0. The number of fused-ring (bicyclic) bond motifs is 1. The highest BCUT2D eigenvalue weighted by Crippen LogP contribution is 2.32. The summed E-state index contributed by atoms with van der Waals surface area (Å²) in [6, 6.07) is 11.8. The van der Waals surface area contributed by atoms with Gasteiger partial charge in [-0.05, 0) is 43.3 Å². The summed E-state index contributed by atoms with van der Waals surface area (Å²) >= 11 is 1.49. The van der Waals surface area contributed by atoms with Gasteiger partial charge in [0.1, 0.15) is 11.9 Å². The molecule has 0 atom stereocenters. The van der Waals surface area contributed by atoms with Gasteiger partial charge in [0.25, 0.3) is 11.1 Å². The lowest BCUT2D eigenvalue weighted by Gasteiger charge is -2.33. The molecule has 0 unspecified atom stereocenters. The summed E-state index contributed by atoms with van der Waals surface area (Å²) in [5.74, 6) is 0.605. The Labute approximate surface area is 237 Å². The zero-order valence-electron chi connectivity index (χ0n) is 22.4. The number of hydrogen-bond donors (Lipinski definition) is 0. The molecule has 0 N–H and O–H groups in total. The average molecular weight is 589 g/mol. The first-order valence-electron chi connectivity index (χ1n) is 13.2. The van der Waals surface area contributed by atoms with E-state index in [0.717, 1.165) is 16.0 Å². The van der Waals surface area contributed by atoms with Crippen molar-refractivity contribution in [2.24, 2.45) is 0 Å². The Hall–Kier alpha value is -3.42. The average Bonchev–Trinajstić information content (AvgIpc) is 3.39. The van der Waals surface area contributed by atoms with Gasteiger partial charge in [0.15, 0.2) is 0 Å². The van der Waals surface area contributed by atoms with Crippen molar-refractivity contribution < 1.29 is 32.2 Å². The zero-order chi connectivity index (χ0) is 28.3. The van der Waals surface area contributed by atoms with Crippen molar-refractivity contribution in [1.29, 1.82) is 0 Å². The Morgan fingerprint density at radius 1 is 0.975 bits per heavy atom. The van der Waals surface area contributed by atoms with Crippen molar-refractivity contribution in [3.05, 3.63) is 48.0 Å². The van der Waals surface area contributed by atoms with Crippen LogP contribution in [0.25, 0.3) is 10.2 Å². The van der Waals surface area contributed by atoms with Crippen molar-refractivity contribution >= 4 is 43.6 Å². The van der Waals surface area contributed by atoms with E-state index in [0.29, 0.717) is 36.7 Å². The van der Waals surface area contributed by atoms with E-state index in [1.165, 1.54) is 32.7 Å². The fraction of sp³-hybridized carbons (Fsp3) is 0.444. The Balaban J connectivity index is 1.14. The van der Waals surface area contributed by atoms with Gasteiger partial charge < -0.3 is 24.0 Å². The van der Waals surface area contributed by atoms with Crippen LogP contribution in [0.3, 0.4) is 0 Å². The monoisotopic (exact) mass is 588 g/mol. The summed E-state index contributed by atoms with van der Waals surface area (Å²) in [6.07, 6.45) is 0.879. The quantitative estimate of drug-likeness (QED) is 0.412. The Kier molecular flexibility index (Phi) is 8.43. The van der Waals surface area contributed by atoms with Gasteiger partial charge in [-0.15, -0.1) is 0 Å². The topological polar surface area (TPSA) is 119 Å². The van der Waals surface area contributed by atoms with Crippen molar-refractivity contribution in [2.45, 2.75) is 30.8 Å². The minimum atomic E-state index is -3.74. The van der Waals surface area contributed by atoms with Crippen LogP contribution in [-0.2, 0) is 14.8 Å². The molecule has 0 saturated carbocycles. The second-order valence-electron chi connectivity index (χ2n) is 9.54. The van der Waals surface area contributed by atoms with Gasteiger partial charge in [0.05, 0.1) is 28.8 Å². The number of rotatable bonds is 7. The molecule has 2 fully saturated rings. The van der Waals surface area contributed by atoms with E-state index < -0.39 is 16.1 Å². The Morgan fingerprint density at radius 3 is 2.33 bits per heavy atom. The van der Waals surface area contributed by atoms with E-state index >= 15 is 0 Å². The number of piperazine rings is 1. The number of amides is 2. The van der Waals surface area contributed by atoms with Crippen LogP contribution in [0.15, 0.2) is 47.4 Å². The van der Waals surface area contributed by atoms with Crippen LogP contribution in [0, 0.1) is 0 Å². The van der Waals surface area contributed by atoms with E-state index in [4.69, 9.17) is 14.2 Å².